The first-order valence-corrected chi connectivity index (χ1v) is 8.59. The van der Waals surface area contributed by atoms with E-state index in [9.17, 15) is 14.9 Å². The van der Waals surface area contributed by atoms with Gasteiger partial charge in [0, 0.05) is 11.1 Å². The number of ether oxygens (including phenoxy) is 1. The van der Waals surface area contributed by atoms with Gasteiger partial charge in [-0.3, -0.25) is 9.59 Å². The number of ketones is 2. The largest absolute Gasteiger partial charge is 0.497 e. The summed E-state index contributed by atoms with van der Waals surface area (Å²) >= 11 is 1.21. The Morgan fingerprint density at radius 1 is 1.24 bits per heavy atom. The van der Waals surface area contributed by atoms with E-state index in [0.717, 1.165) is 5.56 Å². The summed E-state index contributed by atoms with van der Waals surface area (Å²) in [6, 6.07) is 9.32. The van der Waals surface area contributed by atoms with Crippen LogP contribution in [0.15, 0.2) is 29.3 Å². The van der Waals surface area contributed by atoms with Crippen LogP contribution in [0.2, 0.25) is 0 Å². The minimum atomic E-state index is -0.157. The first kappa shape index (κ1) is 18.7. The highest BCUT2D eigenvalue weighted by Gasteiger charge is 2.22. The Kier molecular flexibility index (Phi) is 5.94. The van der Waals surface area contributed by atoms with Crippen LogP contribution in [-0.4, -0.2) is 29.4 Å². The molecule has 0 unspecified atom stereocenters. The fourth-order valence-corrected chi connectivity index (χ4v) is 3.37. The molecule has 0 bridgehead atoms. The van der Waals surface area contributed by atoms with Crippen LogP contribution < -0.4 is 4.74 Å². The molecule has 1 heterocycles. The summed E-state index contributed by atoms with van der Waals surface area (Å²) in [7, 11) is 1.57. The topological polar surface area (TPSA) is 80.0 Å². The number of Topliss-reactive ketones (excluding diaryl/α,β-unsaturated/α-hetero) is 2. The van der Waals surface area contributed by atoms with Gasteiger partial charge in [0.25, 0.3) is 0 Å². The first-order valence-electron chi connectivity index (χ1n) is 7.61. The predicted octanol–water partition coefficient (Wildman–Crippen LogP) is 3.82. The van der Waals surface area contributed by atoms with E-state index in [1.54, 1.807) is 38.3 Å². The average molecular weight is 354 g/mol. The maximum Gasteiger partial charge on any atom is 0.162 e. The van der Waals surface area contributed by atoms with Crippen LogP contribution in [0, 0.1) is 18.3 Å². The molecular weight excluding hydrogens is 336 g/mol. The van der Waals surface area contributed by atoms with Crippen molar-refractivity contribution in [1.29, 1.82) is 5.26 Å². The van der Waals surface area contributed by atoms with E-state index >= 15 is 0 Å². The van der Waals surface area contributed by atoms with E-state index in [-0.39, 0.29) is 17.3 Å². The highest BCUT2D eigenvalue weighted by molar-refractivity contribution is 8.00. The fourth-order valence-electron chi connectivity index (χ4n) is 2.53. The summed E-state index contributed by atoms with van der Waals surface area (Å²) in [4.78, 5) is 27.9. The number of hydrogen-bond acceptors (Lipinski definition) is 6. The average Bonchev–Trinajstić information content (AvgIpc) is 2.58. The lowest BCUT2D eigenvalue weighted by molar-refractivity contribution is -0.114. The third kappa shape index (κ3) is 4.06. The number of thioether (sulfide) groups is 1. The number of benzene rings is 1. The van der Waals surface area contributed by atoms with Crippen LogP contribution >= 0.6 is 11.8 Å². The van der Waals surface area contributed by atoms with Gasteiger partial charge < -0.3 is 4.74 Å². The second-order valence-electron chi connectivity index (χ2n) is 5.51. The molecule has 0 N–H and O–H groups in total. The van der Waals surface area contributed by atoms with Crippen molar-refractivity contribution in [3.8, 4) is 22.9 Å². The Balaban J connectivity index is 2.74. The van der Waals surface area contributed by atoms with Crippen molar-refractivity contribution in [2.24, 2.45) is 0 Å². The van der Waals surface area contributed by atoms with Crippen molar-refractivity contribution >= 4 is 23.3 Å². The molecule has 2 rings (SSSR count). The minimum absolute atomic E-state index is 0.00464. The van der Waals surface area contributed by atoms with Crippen molar-refractivity contribution in [2.75, 3.05) is 12.9 Å². The molecule has 0 amide bonds. The van der Waals surface area contributed by atoms with E-state index in [0.29, 0.717) is 33.2 Å². The molecule has 6 heteroatoms. The molecule has 5 nitrogen and oxygen atoms in total. The van der Waals surface area contributed by atoms with Gasteiger partial charge in [-0.2, -0.15) is 5.26 Å². The third-order valence-corrected chi connectivity index (χ3v) is 4.72. The maximum absolute atomic E-state index is 12.2. The quantitative estimate of drug-likeness (QED) is 0.579. The number of rotatable bonds is 6. The second-order valence-corrected chi connectivity index (χ2v) is 6.48. The third-order valence-electron chi connectivity index (χ3n) is 3.60. The Morgan fingerprint density at radius 3 is 2.36 bits per heavy atom. The van der Waals surface area contributed by atoms with Gasteiger partial charge in [0.05, 0.1) is 24.1 Å². The Bertz CT molecular complexity index is 868. The molecule has 0 fully saturated rings. The monoisotopic (exact) mass is 354 g/mol. The van der Waals surface area contributed by atoms with Crippen molar-refractivity contribution in [3.05, 3.63) is 41.1 Å². The van der Waals surface area contributed by atoms with Crippen LogP contribution in [0.1, 0.15) is 35.5 Å². The number of aromatic nitrogens is 1. The van der Waals surface area contributed by atoms with Crippen LogP contribution in [0.3, 0.4) is 0 Å². The number of aryl methyl sites for hydroxylation is 1. The number of methoxy groups -OCH3 is 1. The van der Waals surface area contributed by atoms with Gasteiger partial charge in [-0.05, 0) is 38.5 Å². The zero-order chi connectivity index (χ0) is 18.6. The molecule has 25 heavy (non-hydrogen) atoms. The molecule has 1 aromatic carbocycles. The molecule has 0 radical (unpaired) electrons. The molecule has 0 aliphatic carbocycles. The van der Waals surface area contributed by atoms with Gasteiger partial charge in [-0.15, -0.1) is 0 Å². The first-order chi connectivity index (χ1) is 11.9. The summed E-state index contributed by atoms with van der Waals surface area (Å²) in [5, 5.41) is 10.2. The maximum atomic E-state index is 12.2. The minimum Gasteiger partial charge on any atom is -0.497 e. The summed E-state index contributed by atoms with van der Waals surface area (Å²) < 4.78 is 5.17. The van der Waals surface area contributed by atoms with Crippen molar-refractivity contribution in [1.82, 2.24) is 4.98 Å². The van der Waals surface area contributed by atoms with E-state index in [4.69, 9.17) is 4.74 Å². The molecule has 0 saturated carbocycles. The van der Waals surface area contributed by atoms with E-state index in [1.807, 2.05) is 0 Å². The van der Waals surface area contributed by atoms with Crippen LogP contribution in [0.5, 0.6) is 5.75 Å². The molecule has 0 spiro atoms. The molecule has 0 atom stereocenters. The highest BCUT2D eigenvalue weighted by Crippen LogP contribution is 2.35. The number of carbonyl (C=O) groups is 2. The SMILES string of the molecule is COc1ccc(-c2c(C#N)c(SCC(C)=O)nc(C)c2C(C)=O)cc1. The van der Waals surface area contributed by atoms with Gasteiger partial charge in [0.1, 0.15) is 22.6 Å². The molecule has 0 aliphatic rings. The predicted molar refractivity (Wildman–Crippen MR) is 97.1 cm³/mol. The summed E-state index contributed by atoms with van der Waals surface area (Å²) in [5.74, 6) is 0.747. The lowest BCUT2D eigenvalue weighted by Gasteiger charge is -2.15. The second kappa shape index (κ2) is 7.95. The summed E-state index contributed by atoms with van der Waals surface area (Å²) in [6.45, 7) is 4.68. The Morgan fingerprint density at radius 2 is 1.88 bits per heavy atom. The van der Waals surface area contributed by atoms with Gasteiger partial charge in [0.2, 0.25) is 0 Å². The van der Waals surface area contributed by atoms with Crippen molar-refractivity contribution in [2.45, 2.75) is 25.8 Å². The smallest absolute Gasteiger partial charge is 0.162 e. The molecule has 1 aromatic heterocycles. The van der Waals surface area contributed by atoms with Crippen molar-refractivity contribution in [3.63, 3.8) is 0 Å². The van der Waals surface area contributed by atoms with Gasteiger partial charge in [-0.1, -0.05) is 23.9 Å². The normalized spacial score (nSPS) is 10.2. The van der Waals surface area contributed by atoms with Gasteiger partial charge >= 0.3 is 0 Å². The molecule has 0 aliphatic heterocycles. The van der Waals surface area contributed by atoms with Crippen LogP contribution in [-0.2, 0) is 4.79 Å². The summed E-state index contributed by atoms with van der Waals surface area (Å²) in [6.07, 6.45) is 0. The zero-order valence-corrected chi connectivity index (χ0v) is 15.4. The van der Waals surface area contributed by atoms with E-state index in [2.05, 4.69) is 11.1 Å². The van der Waals surface area contributed by atoms with E-state index in [1.165, 1.54) is 25.6 Å². The van der Waals surface area contributed by atoms with Gasteiger partial charge in [-0.25, -0.2) is 4.98 Å². The lowest BCUT2D eigenvalue weighted by atomic mass is 9.93. The number of nitrogens with zero attached hydrogens (tertiary/aromatic N) is 2. The molecule has 128 valence electrons. The van der Waals surface area contributed by atoms with E-state index < -0.39 is 0 Å². The van der Waals surface area contributed by atoms with Gasteiger partial charge in [0.15, 0.2) is 5.78 Å². The molecule has 2 aromatic rings. The zero-order valence-electron chi connectivity index (χ0n) is 14.5. The van der Waals surface area contributed by atoms with Crippen molar-refractivity contribution < 1.29 is 14.3 Å². The van der Waals surface area contributed by atoms with Crippen LogP contribution in [0.4, 0.5) is 0 Å². The standard InChI is InChI=1S/C19H18N2O3S/c1-11(22)10-25-19-16(9-20)18(17(13(3)23)12(2)21-19)14-5-7-15(24-4)8-6-14/h5-8H,10H2,1-4H3. The molecule has 0 saturated heterocycles. The number of pyridine rings is 1. The number of hydrogen-bond donors (Lipinski definition) is 0. The lowest BCUT2D eigenvalue weighted by Crippen LogP contribution is -2.07. The number of carbonyl (C=O) groups excluding carboxylic acids is 2. The number of nitriles is 1. The summed E-state index contributed by atoms with van der Waals surface area (Å²) in [5.41, 5.74) is 2.57. The highest BCUT2D eigenvalue weighted by atomic mass is 32.2. The Hall–Kier alpha value is -2.65. The molecular formula is C19H18N2O3S. The fraction of sp³-hybridized carbons (Fsp3) is 0.263. The van der Waals surface area contributed by atoms with Crippen LogP contribution in [0.25, 0.3) is 11.1 Å². The Labute approximate surface area is 151 Å².